The number of carbonyl (C=O) groups is 1. The SMILES string of the molecule is CC(=O)OCc1c(-c2cc(Nc3cc4n(n3)CCC4)c(=O)n(C)c2)ccnc1-n1ncc2cc(C)cc(F)c2c1=O. The number of esters is 1. The van der Waals surface area contributed by atoms with Crippen molar-refractivity contribution in [1.82, 2.24) is 29.1 Å². The smallest absolute Gasteiger partial charge is 0.302 e. The lowest BCUT2D eigenvalue weighted by atomic mass is 10.0. The first-order chi connectivity index (χ1) is 19.7. The molecule has 0 amide bonds. The summed E-state index contributed by atoms with van der Waals surface area (Å²) in [5.74, 6) is -0.571. The van der Waals surface area contributed by atoms with Crippen LogP contribution < -0.4 is 16.4 Å². The first-order valence-electron chi connectivity index (χ1n) is 13.0. The van der Waals surface area contributed by atoms with Crippen molar-refractivity contribution in [2.45, 2.75) is 39.8 Å². The van der Waals surface area contributed by atoms with Gasteiger partial charge in [-0.1, -0.05) is 0 Å². The van der Waals surface area contributed by atoms with Crippen molar-refractivity contribution in [2.75, 3.05) is 5.32 Å². The summed E-state index contributed by atoms with van der Waals surface area (Å²) in [5, 5.41) is 12.2. The van der Waals surface area contributed by atoms with Gasteiger partial charge in [0.25, 0.3) is 11.1 Å². The van der Waals surface area contributed by atoms with Gasteiger partial charge >= 0.3 is 5.97 Å². The topological polar surface area (TPSA) is 126 Å². The van der Waals surface area contributed by atoms with Gasteiger partial charge in [-0.3, -0.25) is 19.1 Å². The Morgan fingerprint density at radius 3 is 2.78 bits per heavy atom. The summed E-state index contributed by atoms with van der Waals surface area (Å²) < 4.78 is 24.6. The molecule has 5 heterocycles. The Morgan fingerprint density at radius 1 is 1.17 bits per heavy atom. The third-order valence-electron chi connectivity index (χ3n) is 7.06. The molecule has 1 aliphatic heterocycles. The number of carbonyl (C=O) groups excluding carboxylic acids is 1. The number of aromatic nitrogens is 6. The molecule has 0 bridgehead atoms. The zero-order chi connectivity index (χ0) is 28.8. The van der Waals surface area contributed by atoms with Crippen LogP contribution in [0.4, 0.5) is 15.9 Å². The van der Waals surface area contributed by atoms with Gasteiger partial charge in [0.05, 0.1) is 11.6 Å². The second-order valence-electron chi connectivity index (χ2n) is 10.0. The molecule has 208 valence electrons. The van der Waals surface area contributed by atoms with E-state index >= 15 is 0 Å². The quantitative estimate of drug-likeness (QED) is 0.316. The van der Waals surface area contributed by atoms with Crippen molar-refractivity contribution in [3.05, 3.63) is 92.3 Å². The van der Waals surface area contributed by atoms with Gasteiger partial charge < -0.3 is 14.6 Å². The molecule has 0 aliphatic carbocycles. The van der Waals surface area contributed by atoms with Crippen LogP contribution in [0, 0.1) is 12.7 Å². The molecular weight excluding hydrogens is 529 g/mol. The van der Waals surface area contributed by atoms with Crippen molar-refractivity contribution in [1.29, 1.82) is 0 Å². The third-order valence-corrected chi connectivity index (χ3v) is 7.06. The first kappa shape index (κ1) is 26.1. The van der Waals surface area contributed by atoms with Crippen molar-refractivity contribution >= 4 is 28.2 Å². The largest absolute Gasteiger partial charge is 0.461 e. The minimum absolute atomic E-state index is 0.0736. The van der Waals surface area contributed by atoms with E-state index in [0.29, 0.717) is 33.5 Å². The standard InChI is InChI=1S/C29H26FN7O4/c1-16-9-18-13-32-37(29(40)26(18)23(30)10-16)27-22(15-41-17(2)38)21(6-7-31-27)19-11-24(28(39)35(3)14-19)33-25-12-20-5-4-8-36(20)34-25/h6-7,9-14H,4-5,8,15H2,1-3H3,(H,33,34). The maximum absolute atomic E-state index is 14.9. The zero-order valence-corrected chi connectivity index (χ0v) is 22.6. The van der Waals surface area contributed by atoms with Gasteiger partial charge in [0.1, 0.15) is 18.1 Å². The predicted molar refractivity (Wildman–Crippen MR) is 150 cm³/mol. The van der Waals surface area contributed by atoms with E-state index in [1.165, 1.54) is 30.0 Å². The van der Waals surface area contributed by atoms with Crippen molar-refractivity contribution in [3.63, 3.8) is 0 Å². The van der Waals surface area contributed by atoms with Crippen LogP contribution in [0.25, 0.3) is 27.7 Å². The van der Waals surface area contributed by atoms with E-state index in [2.05, 4.69) is 20.5 Å². The second-order valence-corrected chi connectivity index (χ2v) is 10.0. The fourth-order valence-corrected chi connectivity index (χ4v) is 5.18. The predicted octanol–water partition coefficient (Wildman–Crippen LogP) is 3.54. The summed E-state index contributed by atoms with van der Waals surface area (Å²) in [4.78, 5) is 42.7. The van der Waals surface area contributed by atoms with E-state index < -0.39 is 17.3 Å². The summed E-state index contributed by atoms with van der Waals surface area (Å²) in [6.07, 6.45) is 6.47. The van der Waals surface area contributed by atoms with Crippen molar-refractivity contribution in [3.8, 4) is 16.9 Å². The maximum Gasteiger partial charge on any atom is 0.302 e. The van der Waals surface area contributed by atoms with Gasteiger partial charge in [0, 0.05) is 61.2 Å². The highest BCUT2D eigenvalue weighted by atomic mass is 19.1. The van der Waals surface area contributed by atoms with Gasteiger partial charge in [0.2, 0.25) is 0 Å². The molecular formula is C29H26FN7O4. The monoisotopic (exact) mass is 555 g/mol. The van der Waals surface area contributed by atoms with E-state index in [-0.39, 0.29) is 29.1 Å². The number of anilines is 2. The van der Waals surface area contributed by atoms with Crippen LogP contribution in [0.15, 0.2) is 58.5 Å². The molecule has 12 heteroatoms. The number of benzene rings is 1. The molecule has 1 aromatic carbocycles. The van der Waals surface area contributed by atoms with Crippen molar-refractivity contribution in [2.24, 2.45) is 7.05 Å². The lowest BCUT2D eigenvalue weighted by Crippen LogP contribution is -2.25. The van der Waals surface area contributed by atoms with Gasteiger partial charge in [-0.2, -0.15) is 14.9 Å². The number of hydrogen-bond donors (Lipinski definition) is 1. The molecule has 0 saturated carbocycles. The minimum Gasteiger partial charge on any atom is -0.461 e. The number of pyridine rings is 2. The molecule has 5 aromatic rings. The summed E-state index contributed by atoms with van der Waals surface area (Å²) >= 11 is 0. The highest BCUT2D eigenvalue weighted by Gasteiger charge is 2.21. The van der Waals surface area contributed by atoms with E-state index in [0.717, 1.165) is 29.8 Å². The molecule has 41 heavy (non-hydrogen) atoms. The number of hydrogen-bond acceptors (Lipinski definition) is 8. The van der Waals surface area contributed by atoms with E-state index in [9.17, 15) is 18.8 Å². The Hall–Kier alpha value is -5.13. The van der Waals surface area contributed by atoms with E-state index in [1.54, 1.807) is 38.4 Å². The Balaban J connectivity index is 1.50. The summed E-state index contributed by atoms with van der Waals surface area (Å²) in [6.45, 7) is 3.59. The zero-order valence-electron chi connectivity index (χ0n) is 22.6. The van der Waals surface area contributed by atoms with Crippen LogP contribution >= 0.6 is 0 Å². The molecule has 1 N–H and O–H groups in total. The van der Waals surface area contributed by atoms with Crippen LogP contribution in [0.1, 0.15) is 30.2 Å². The third kappa shape index (κ3) is 4.77. The first-order valence-corrected chi connectivity index (χ1v) is 13.0. The molecule has 0 saturated heterocycles. The van der Waals surface area contributed by atoms with Crippen LogP contribution in [0.5, 0.6) is 0 Å². The molecule has 6 rings (SSSR count). The normalized spacial score (nSPS) is 12.5. The number of rotatable bonds is 6. The highest BCUT2D eigenvalue weighted by Crippen LogP contribution is 2.30. The lowest BCUT2D eigenvalue weighted by molar-refractivity contribution is -0.142. The second kappa shape index (κ2) is 10.1. The number of ether oxygens (including phenoxy) is 1. The fraction of sp³-hybridized carbons (Fsp3) is 0.241. The number of halogens is 1. The Bertz CT molecular complexity index is 1950. The van der Waals surface area contributed by atoms with Crippen LogP contribution in [-0.2, 0) is 36.2 Å². The summed E-state index contributed by atoms with van der Waals surface area (Å²) in [6, 6.07) is 8.24. The molecule has 11 nitrogen and oxygen atoms in total. The average molecular weight is 556 g/mol. The number of aryl methyl sites for hydroxylation is 4. The summed E-state index contributed by atoms with van der Waals surface area (Å²) in [5.41, 5.74) is 2.56. The Morgan fingerprint density at radius 2 is 2.00 bits per heavy atom. The van der Waals surface area contributed by atoms with Crippen LogP contribution in [0.3, 0.4) is 0 Å². The molecule has 4 aromatic heterocycles. The molecule has 0 atom stereocenters. The van der Waals surface area contributed by atoms with Gasteiger partial charge in [0.15, 0.2) is 11.6 Å². The molecule has 0 unspecified atom stereocenters. The number of nitrogens with one attached hydrogen (secondary N) is 1. The van der Waals surface area contributed by atoms with E-state index in [4.69, 9.17) is 4.74 Å². The number of nitrogens with zero attached hydrogens (tertiary/aromatic N) is 6. The van der Waals surface area contributed by atoms with Crippen LogP contribution in [-0.4, -0.2) is 35.1 Å². The Labute approximate surface area is 232 Å². The Kier molecular flexibility index (Phi) is 6.45. The number of fused-ring (bicyclic) bond motifs is 2. The minimum atomic E-state index is -0.704. The fourth-order valence-electron chi connectivity index (χ4n) is 5.18. The van der Waals surface area contributed by atoms with Crippen LogP contribution in [0.2, 0.25) is 0 Å². The van der Waals surface area contributed by atoms with Gasteiger partial charge in [-0.15, -0.1) is 0 Å². The summed E-state index contributed by atoms with van der Waals surface area (Å²) in [7, 11) is 1.62. The van der Waals surface area contributed by atoms with Gasteiger partial charge in [-0.05, 0) is 55.2 Å². The van der Waals surface area contributed by atoms with E-state index in [1.807, 2.05) is 10.7 Å². The van der Waals surface area contributed by atoms with Crippen molar-refractivity contribution < 1.29 is 13.9 Å². The maximum atomic E-state index is 14.9. The molecule has 1 aliphatic rings. The average Bonchev–Trinajstić information content (AvgIpc) is 3.52. The molecule has 0 radical (unpaired) electrons. The lowest BCUT2D eigenvalue weighted by Gasteiger charge is -2.16. The molecule has 0 fully saturated rings. The highest BCUT2D eigenvalue weighted by molar-refractivity contribution is 5.82. The van der Waals surface area contributed by atoms with Gasteiger partial charge in [-0.25, -0.2) is 9.37 Å². The molecule has 0 spiro atoms.